The predicted molar refractivity (Wildman–Crippen MR) is 97.2 cm³/mol. The number of nitrogens with zero attached hydrogens (tertiary/aromatic N) is 2. The van der Waals surface area contributed by atoms with E-state index in [1.807, 2.05) is 17.9 Å². The minimum atomic E-state index is -3.51. The van der Waals surface area contributed by atoms with Gasteiger partial charge < -0.3 is 4.90 Å². The number of rotatable bonds is 2. The zero-order valence-electron chi connectivity index (χ0n) is 15.2. The Morgan fingerprint density at radius 2 is 1.76 bits per heavy atom. The van der Waals surface area contributed by atoms with E-state index in [2.05, 4.69) is 13.8 Å². The molecule has 3 aliphatic rings. The molecule has 0 aromatic heterocycles. The molecule has 0 unspecified atom stereocenters. The molecule has 1 saturated heterocycles. The van der Waals surface area contributed by atoms with Gasteiger partial charge in [0.2, 0.25) is 15.9 Å². The average Bonchev–Trinajstić information content (AvgIpc) is 2.81. The van der Waals surface area contributed by atoms with E-state index < -0.39 is 10.0 Å². The van der Waals surface area contributed by atoms with Crippen LogP contribution in [0.1, 0.15) is 50.7 Å². The molecule has 0 aliphatic carbocycles. The predicted octanol–water partition coefficient (Wildman–Crippen LogP) is 2.75. The third kappa shape index (κ3) is 2.61. The van der Waals surface area contributed by atoms with Gasteiger partial charge in [0.1, 0.15) is 0 Å². The van der Waals surface area contributed by atoms with Crippen molar-refractivity contribution in [1.82, 2.24) is 4.31 Å². The molecular weight excluding hydrogens is 336 g/mol. The third-order valence-corrected chi connectivity index (χ3v) is 7.68. The number of anilines is 1. The molecule has 25 heavy (non-hydrogen) atoms. The molecule has 3 heterocycles. The van der Waals surface area contributed by atoms with Gasteiger partial charge in [0.15, 0.2) is 0 Å². The van der Waals surface area contributed by atoms with Gasteiger partial charge in [-0.3, -0.25) is 4.79 Å². The Hall–Kier alpha value is -1.40. The lowest BCUT2D eigenvalue weighted by molar-refractivity contribution is -0.119. The van der Waals surface area contributed by atoms with E-state index in [9.17, 15) is 13.2 Å². The minimum absolute atomic E-state index is 0.103. The standard InChI is InChI=1S/C19H26N2O3S/c1-12-7-13(2)11-20(10-12)25(23,24)16-8-15-5-4-6-21-18(15)17(9-16)14(3)19(21)22/h8-9,12-14H,4-7,10-11H2,1-3H3/t12-,13-,14-/m0/s1. The van der Waals surface area contributed by atoms with Gasteiger partial charge in [0.05, 0.1) is 16.5 Å². The fourth-order valence-electron chi connectivity index (χ4n) is 4.77. The van der Waals surface area contributed by atoms with Gasteiger partial charge in [-0.15, -0.1) is 0 Å². The summed E-state index contributed by atoms with van der Waals surface area (Å²) in [7, 11) is -3.51. The van der Waals surface area contributed by atoms with Gasteiger partial charge in [0, 0.05) is 19.6 Å². The van der Waals surface area contributed by atoms with Crippen LogP contribution in [0.2, 0.25) is 0 Å². The molecule has 0 N–H and O–H groups in total. The van der Waals surface area contributed by atoms with Crippen molar-refractivity contribution < 1.29 is 13.2 Å². The van der Waals surface area contributed by atoms with Crippen LogP contribution < -0.4 is 4.90 Å². The molecule has 1 aromatic carbocycles. The normalized spacial score (nSPS) is 29.8. The maximum Gasteiger partial charge on any atom is 0.243 e. The molecule has 1 amide bonds. The highest BCUT2D eigenvalue weighted by Gasteiger charge is 2.40. The largest absolute Gasteiger partial charge is 0.311 e. The number of benzene rings is 1. The first-order valence-electron chi connectivity index (χ1n) is 9.27. The SMILES string of the molecule is C[C@H]1C[C@H](C)CN(S(=O)(=O)c2cc3c4c(c2)[C@H](C)C(=O)N4CCC3)C1. The summed E-state index contributed by atoms with van der Waals surface area (Å²) in [6.45, 7) is 8.03. The van der Waals surface area contributed by atoms with Gasteiger partial charge in [-0.1, -0.05) is 13.8 Å². The van der Waals surface area contributed by atoms with E-state index in [1.165, 1.54) is 0 Å². The van der Waals surface area contributed by atoms with Gasteiger partial charge in [-0.05, 0) is 61.3 Å². The summed E-state index contributed by atoms with van der Waals surface area (Å²) in [5.41, 5.74) is 2.88. The summed E-state index contributed by atoms with van der Waals surface area (Å²) in [5, 5.41) is 0. The summed E-state index contributed by atoms with van der Waals surface area (Å²) in [6.07, 6.45) is 2.81. The zero-order valence-corrected chi connectivity index (χ0v) is 16.0. The fourth-order valence-corrected chi connectivity index (χ4v) is 6.53. The maximum atomic E-state index is 13.3. The van der Waals surface area contributed by atoms with Crippen molar-refractivity contribution in [2.45, 2.75) is 50.8 Å². The first kappa shape index (κ1) is 17.0. The van der Waals surface area contributed by atoms with Crippen molar-refractivity contribution in [3.63, 3.8) is 0 Å². The molecule has 136 valence electrons. The lowest BCUT2D eigenvalue weighted by Gasteiger charge is -2.34. The molecule has 0 spiro atoms. The summed E-state index contributed by atoms with van der Waals surface area (Å²) in [4.78, 5) is 14.7. The number of hydrogen-bond donors (Lipinski definition) is 0. The molecule has 3 aliphatic heterocycles. The highest BCUT2D eigenvalue weighted by atomic mass is 32.2. The van der Waals surface area contributed by atoms with E-state index in [-0.39, 0.29) is 11.8 Å². The Morgan fingerprint density at radius 3 is 2.44 bits per heavy atom. The topological polar surface area (TPSA) is 57.7 Å². The maximum absolute atomic E-state index is 13.3. The number of hydrogen-bond acceptors (Lipinski definition) is 3. The summed E-state index contributed by atoms with van der Waals surface area (Å²) < 4.78 is 28.2. The molecule has 3 atom stereocenters. The number of aryl methyl sites for hydroxylation is 1. The Balaban J connectivity index is 1.78. The number of carbonyl (C=O) groups excluding carboxylic acids is 1. The molecule has 6 heteroatoms. The average molecular weight is 362 g/mol. The Kier molecular flexibility index (Phi) is 3.96. The first-order valence-corrected chi connectivity index (χ1v) is 10.7. The number of carbonyl (C=O) groups is 1. The highest BCUT2D eigenvalue weighted by molar-refractivity contribution is 7.89. The summed E-state index contributed by atoms with van der Waals surface area (Å²) >= 11 is 0. The van der Waals surface area contributed by atoms with Crippen LogP contribution in [0.15, 0.2) is 17.0 Å². The van der Waals surface area contributed by atoms with E-state index in [4.69, 9.17) is 0 Å². The third-order valence-electron chi connectivity index (χ3n) is 5.87. The molecule has 5 nitrogen and oxygen atoms in total. The van der Waals surface area contributed by atoms with Gasteiger partial charge in [0.25, 0.3) is 0 Å². The molecule has 1 aromatic rings. The lowest BCUT2D eigenvalue weighted by Crippen LogP contribution is -2.42. The van der Waals surface area contributed by atoms with Crippen molar-refractivity contribution >= 4 is 21.6 Å². The molecular formula is C19H26N2O3S. The second kappa shape index (κ2) is 5.81. The van der Waals surface area contributed by atoms with Crippen molar-refractivity contribution in [2.75, 3.05) is 24.5 Å². The fraction of sp³-hybridized carbons (Fsp3) is 0.632. The minimum Gasteiger partial charge on any atom is -0.311 e. The second-order valence-electron chi connectivity index (χ2n) is 8.10. The van der Waals surface area contributed by atoms with Gasteiger partial charge >= 0.3 is 0 Å². The molecule has 4 rings (SSSR count). The van der Waals surface area contributed by atoms with Crippen molar-refractivity contribution in [3.05, 3.63) is 23.3 Å². The quantitative estimate of drug-likeness (QED) is 0.813. The number of amides is 1. The van der Waals surface area contributed by atoms with E-state index >= 15 is 0 Å². The second-order valence-corrected chi connectivity index (χ2v) is 10.0. The van der Waals surface area contributed by atoms with E-state index in [1.54, 1.807) is 10.4 Å². The van der Waals surface area contributed by atoms with Gasteiger partial charge in [-0.25, -0.2) is 8.42 Å². The van der Waals surface area contributed by atoms with Crippen LogP contribution >= 0.6 is 0 Å². The van der Waals surface area contributed by atoms with Crippen LogP contribution in [-0.2, 0) is 21.2 Å². The molecule has 0 saturated carbocycles. The molecule has 0 bridgehead atoms. The summed E-state index contributed by atoms with van der Waals surface area (Å²) in [6, 6.07) is 3.57. The zero-order chi connectivity index (χ0) is 17.9. The highest BCUT2D eigenvalue weighted by Crippen LogP contribution is 2.44. The van der Waals surface area contributed by atoms with Crippen molar-refractivity contribution in [2.24, 2.45) is 11.8 Å². The van der Waals surface area contributed by atoms with Crippen molar-refractivity contribution in [1.29, 1.82) is 0 Å². The Bertz CT molecular complexity index is 823. The van der Waals surface area contributed by atoms with Crippen LogP contribution in [0.3, 0.4) is 0 Å². The number of piperidine rings is 1. The van der Waals surface area contributed by atoms with Crippen LogP contribution in [0.25, 0.3) is 0 Å². The Morgan fingerprint density at radius 1 is 1.08 bits per heavy atom. The first-order chi connectivity index (χ1) is 11.8. The summed E-state index contributed by atoms with van der Waals surface area (Å²) in [5.74, 6) is 0.608. The van der Waals surface area contributed by atoms with Crippen LogP contribution in [0.4, 0.5) is 5.69 Å². The van der Waals surface area contributed by atoms with Crippen LogP contribution in [-0.4, -0.2) is 38.3 Å². The lowest BCUT2D eigenvalue weighted by atomic mass is 9.94. The van der Waals surface area contributed by atoms with Crippen LogP contribution in [0, 0.1) is 11.8 Å². The van der Waals surface area contributed by atoms with Crippen LogP contribution in [0.5, 0.6) is 0 Å². The smallest absolute Gasteiger partial charge is 0.243 e. The monoisotopic (exact) mass is 362 g/mol. The van der Waals surface area contributed by atoms with E-state index in [0.29, 0.717) is 29.8 Å². The van der Waals surface area contributed by atoms with Crippen molar-refractivity contribution in [3.8, 4) is 0 Å². The molecule has 0 radical (unpaired) electrons. The Labute approximate surface area is 150 Å². The number of sulfonamides is 1. The molecule has 1 fully saturated rings. The van der Waals surface area contributed by atoms with Gasteiger partial charge in [-0.2, -0.15) is 4.31 Å². The van der Waals surface area contributed by atoms with E-state index in [0.717, 1.165) is 42.6 Å².